The van der Waals surface area contributed by atoms with Crippen LogP contribution in [-0.4, -0.2) is 19.1 Å². The van der Waals surface area contributed by atoms with Crippen LogP contribution >= 0.6 is 15.9 Å². The summed E-state index contributed by atoms with van der Waals surface area (Å²) in [5.41, 5.74) is 0.903. The molecular weight excluding hydrogens is 389 g/mol. The predicted octanol–water partition coefficient (Wildman–Crippen LogP) is 4.49. The summed E-state index contributed by atoms with van der Waals surface area (Å²) in [6, 6.07) is 9.64. The molecule has 132 valence electrons. The summed E-state index contributed by atoms with van der Waals surface area (Å²) in [6.45, 7) is 5.02. The summed E-state index contributed by atoms with van der Waals surface area (Å²) >= 11 is 3.27. The van der Waals surface area contributed by atoms with Gasteiger partial charge in [0, 0.05) is 4.47 Å². The van der Waals surface area contributed by atoms with Crippen molar-refractivity contribution in [2.75, 3.05) is 13.2 Å². The van der Waals surface area contributed by atoms with E-state index >= 15 is 0 Å². The molecule has 1 N–H and O–H groups in total. The number of nitrogens with one attached hydrogen (secondary N) is 1. The van der Waals surface area contributed by atoms with Crippen LogP contribution in [0.15, 0.2) is 40.9 Å². The standard InChI is InChI=1S/C19H19BrFNO3/c1-11(2)18(12-3-6-16-17(9-12)25-8-7-24-16)22-19(23)14-10-13(20)4-5-15(14)21/h3-6,9-11,18H,7-8H2,1-2H3,(H,22,23). The Morgan fingerprint density at radius 3 is 2.56 bits per heavy atom. The largest absolute Gasteiger partial charge is 0.486 e. The third-order valence-corrected chi connectivity index (χ3v) is 4.54. The molecule has 1 aliphatic rings. The zero-order valence-electron chi connectivity index (χ0n) is 14.0. The Morgan fingerprint density at radius 1 is 1.12 bits per heavy atom. The van der Waals surface area contributed by atoms with Gasteiger partial charge >= 0.3 is 0 Å². The quantitative estimate of drug-likeness (QED) is 0.811. The van der Waals surface area contributed by atoms with Crippen molar-refractivity contribution in [2.24, 2.45) is 5.92 Å². The number of carbonyl (C=O) groups excluding carboxylic acids is 1. The van der Waals surface area contributed by atoms with Crippen molar-refractivity contribution in [3.05, 3.63) is 57.8 Å². The smallest absolute Gasteiger partial charge is 0.254 e. The molecule has 0 spiro atoms. The number of fused-ring (bicyclic) bond motifs is 1. The van der Waals surface area contributed by atoms with Gasteiger partial charge in [0.25, 0.3) is 5.91 Å². The SMILES string of the molecule is CC(C)C(NC(=O)c1cc(Br)ccc1F)c1ccc2c(c1)OCCO2. The molecule has 0 aliphatic carbocycles. The van der Waals surface area contributed by atoms with Gasteiger partial charge in [-0.2, -0.15) is 0 Å². The van der Waals surface area contributed by atoms with Crippen molar-refractivity contribution in [1.82, 2.24) is 5.32 Å². The minimum atomic E-state index is -0.551. The van der Waals surface area contributed by atoms with Crippen LogP contribution in [0.25, 0.3) is 0 Å². The van der Waals surface area contributed by atoms with Crippen molar-refractivity contribution >= 4 is 21.8 Å². The van der Waals surface area contributed by atoms with Gasteiger partial charge in [-0.1, -0.05) is 35.8 Å². The first kappa shape index (κ1) is 17.7. The highest BCUT2D eigenvalue weighted by atomic mass is 79.9. The fraction of sp³-hybridized carbons (Fsp3) is 0.316. The van der Waals surface area contributed by atoms with Crippen molar-refractivity contribution in [1.29, 1.82) is 0 Å². The second-order valence-electron chi connectivity index (χ2n) is 6.22. The van der Waals surface area contributed by atoms with Crippen LogP contribution in [0, 0.1) is 11.7 Å². The van der Waals surface area contributed by atoms with Gasteiger partial charge in [-0.15, -0.1) is 0 Å². The van der Waals surface area contributed by atoms with Crippen molar-refractivity contribution in [3.63, 3.8) is 0 Å². The predicted molar refractivity (Wildman–Crippen MR) is 96.6 cm³/mol. The highest BCUT2D eigenvalue weighted by Gasteiger charge is 2.23. The van der Waals surface area contributed by atoms with Crippen molar-refractivity contribution in [3.8, 4) is 11.5 Å². The Balaban J connectivity index is 1.86. The Hall–Kier alpha value is -2.08. The molecule has 1 amide bonds. The molecule has 1 atom stereocenters. The van der Waals surface area contributed by atoms with E-state index in [0.29, 0.717) is 29.2 Å². The molecule has 6 heteroatoms. The van der Waals surface area contributed by atoms with Gasteiger partial charge in [-0.25, -0.2) is 4.39 Å². The van der Waals surface area contributed by atoms with Crippen molar-refractivity contribution < 1.29 is 18.7 Å². The Morgan fingerprint density at radius 2 is 1.84 bits per heavy atom. The van der Waals surface area contributed by atoms with E-state index in [1.807, 2.05) is 32.0 Å². The van der Waals surface area contributed by atoms with Crippen LogP contribution in [0.4, 0.5) is 4.39 Å². The molecule has 2 aromatic rings. The fourth-order valence-corrected chi connectivity index (χ4v) is 3.14. The normalized spacial score (nSPS) is 14.3. The summed E-state index contributed by atoms with van der Waals surface area (Å²) in [5, 5.41) is 2.93. The number of amides is 1. The second-order valence-corrected chi connectivity index (χ2v) is 7.14. The van der Waals surface area contributed by atoms with E-state index in [1.165, 1.54) is 12.1 Å². The maximum Gasteiger partial charge on any atom is 0.254 e. The number of hydrogen-bond acceptors (Lipinski definition) is 3. The first-order valence-corrected chi connectivity index (χ1v) is 8.90. The lowest BCUT2D eigenvalue weighted by molar-refractivity contribution is 0.0921. The number of ether oxygens (including phenoxy) is 2. The summed E-state index contributed by atoms with van der Waals surface area (Å²) in [7, 11) is 0. The van der Waals surface area contributed by atoms with Crippen LogP contribution in [-0.2, 0) is 0 Å². The molecule has 3 rings (SSSR count). The van der Waals surface area contributed by atoms with Crippen LogP contribution in [0.1, 0.15) is 35.8 Å². The molecule has 0 saturated heterocycles. The lowest BCUT2D eigenvalue weighted by Gasteiger charge is -2.25. The molecule has 1 unspecified atom stereocenters. The molecular formula is C19H19BrFNO3. The molecule has 0 aromatic heterocycles. The van der Waals surface area contributed by atoms with Gasteiger partial charge in [-0.3, -0.25) is 4.79 Å². The van der Waals surface area contributed by atoms with E-state index < -0.39 is 11.7 Å². The topological polar surface area (TPSA) is 47.6 Å². The lowest BCUT2D eigenvalue weighted by Crippen LogP contribution is -2.32. The maximum atomic E-state index is 14.0. The molecule has 2 aromatic carbocycles. The molecule has 1 heterocycles. The van der Waals surface area contributed by atoms with Crippen molar-refractivity contribution in [2.45, 2.75) is 19.9 Å². The summed E-state index contributed by atoms with van der Waals surface area (Å²) in [6.07, 6.45) is 0. The monoisotopic (exact) mass is 407 g/mol. The minimum absolute atomic E-state index is 0.0116. The zero-order valence-corrected chi connectivity index (χ0v) is 15.6. The van der Waals surface area contributed by atoms with E-state index in [-0.39, 0.29) is 17.5 Å². The number of carbonyl (C=O) groups is 1. The van der Waals surface area contributed by atoms with Crippen LogP contribution in [0.2, 0.25) is 0 Å². The first-order valence-electron chi connectivity index (χ1n) is 8.11. The second kappa shape index (κ2) is 7.44. The number of benzene rings is 2. The summed E-state index contributed by atoms with van der Waals surface area (Å²) in [5.74, 6) is 0.471. The van der Waals surface area contributed by atoms with E-state index in [1.54, 1.807) is 6.07 Å². The zero-order chi connectivity index (χ0) is 18.0. The van der Waals surface area contributed by atoms with E-state index in [9.17, 15) is 9.18 Å². The first-order chi connectivity index (χ1) is 12.0. The summed E-state index contributed by atoms with van der Waals surface area (Å²) in [4.78, 5) is 12.6. The molecule has 0 saturated carbocycles. The molecule has 0 fully saturated rings. The molecule has 0 radical (unpaired) electrons. The van der Waals surface area contributed by atoms with Crippen LogP contribution in [0.5, 0.6) is 11.5 Å². The molecule has 1 aliphatic heterocycles. The van der Waals surface area contributed by atoms with E-state index in [4.69, 9.17) is 9.47 Å². The Labute approximate surface area is 154 Å². The minimum Gasteiger partial charge on any atom is -0.486 e. The third kappa shape index (κ3) is 3.95. The maximum absolute atomic E-state index is 14.0. The van der Waals surface area contributed by atoms with Gasteiger partial charge in [0.05, 0.1) is 11.6 Å². The fourth-order valence-electron chi connectivity index (χ4n) is 2.78. The van der Waals surface area contributed by atoms with Gasteiger partial charge in [0.2, 0.25) is 0 Å². The molecule has 4 nitrogen and oxygen atoms in total. The van der Waals surface area contributed by atoms with Gasteiger partial charge < -0.3 is 14.8 Å². The van der Waals surface area contributed by atoms with Crippen LogP contribution in [0.3, 0.4) is 0 Å². The number of rotatable bonds is 4. The summed E-state index contributed by atoms with van der Waals surface area (Å²) < 4.78 is 25.8. The van der Waals surface area contributed by atoms with E-state index in [0.717, 1.165) is 5.56 Å². The Bertz CT molecular complexity index is 794. The van der Waals surface area contributed by atoms with Gasteiger partial charge in [0.15, 0.2) is 11.5 Å². The number of hydrogen-bond donors (Lipinski definition) is 1. The molecule has 0 bridgehead atoms. The third-order valence-electron chi connectivity index (χ3n) is 4.05. The van der Waals surface area contributed by atoms with Gasteiger partial charge in [0.1, 0.15) is 19.0 Å². The Kier molecular flexibility index (Phi) is 5.27. The van der Waals surface area contributed by atoms with E-state index in [2.05, 4.69) is 21.2 Å². The van der Waals surface area contributed by atoms with Crippen LogP contribution < -0.4 is 14.8 Å². The highest BCUT2D eigenvalue weighted by molar-refractivity contribution is 9.10. The average Bonchev–Trinajstić information content (AvgIpc) is 2.60. The average molecular weight is 408 g/mol. The van der Waals surface area contributed by atoms with Gasteiger partial charge in [-0.05, 0) is 41.8 Å². The molecule has 25 heavy (non-hydrogen) atoms. The highest BCUT2D eigenvalue weighted by Crippen LogP contribution is 2.34. The number of halogens is 2. The lowest BCUT2D eigenvalue weighted by atomic mass is 9.95.